The molecule has 0 radical (unpaired) electrons. The Bertz CT molecular complexity index is 626. The monoisotopic (exact) mass is 318 g/mol. The van der Waals surface area contributed by atoms with Crippen LogP contribution in [0, 0.1) is 6.92 Å². The average Bonchev–Trinajstić information content (AvgIpc) is 3.13. The molecule has 7 heteroatoms. The Morgan fingerprint density at radius 2 is 2.04 bits per heavy atom. The van der Waals surface area contributed by atoms with Crippen molar-refractivity contribution in [3.8, 4) is 0 Å². The Morgan fingerprint density at radius 1 is 1.26 bits per heavy atom. The Hall–Kier alpha value is -1.73. The number of aromatic nitrogens is 5. The van der Waals surface area contributed by atoms with Gasteiger partial charge >= 0.3 is 0 Å². The van der Waals surface area contributed by atoms with Crippen molar-refractivity contribution in [2.75, 3.05) is 33.4 Å². The van der Waals surface area contributed by atoms with Crippen molar-refractivity contribution < 1.29 is 4.74 Å². The maximum Gasteiger partial charge on any atom is 0.152 e. The summed E-state index contributed by atoms with van der Waals surface area (Å²) in [7, 11) is 3.84. The van der Waals surface area contributed by atoms with Gasteiger partial charge in [0.15, 0.2) is 5.82 Å². The molecule has 0 amide bonds. The van der Waals surface area contributed by atoms with E-state index < -0.39 is 0 Å². The first-order chi connectivity index (χ1) is 11.2. The lowest BCUT2D eigenvalue weighted by atomic mass is 9.96. The quantitative estimate of drug-likeness (QED) is 0.801. The number of rotatable bonds is 6. The SMILES string of the molecule is COCCN1CCC(c2nnc(Cn3ccnc3C)n2C)CC1. The van der Waals surface area contributed by atoms with E-state index in [0.29, 0.717) is 5.92 Å². The first-order valence-corrected chi connectivity index (χ1v) is 8.26. The summed E-state index contributed by atoms with van der Waals surface area (Å²) in [6.07, 6.45) is 6.08. The molecule has 3 heterocycles. The molecule has 0 bridgehead atoms. The van der Waals surface area contributed by atoms with Gasteiger partial charge in [0.2, 0.25) is 0 Å². The van der Waals surface area contributed by atoms with Crippen molar-refractivity contribution in [1.29, 1.82) is 0 Å². The summed E-state index contributed by atoms with van der Waals surface area (Å²) in [5.41, 5.74) is 0. The number of piperidine rings is 1. The number of hydrogen-bond acceptors (Lipinski definition) is 5. The van der Waals surface area contributed by atoms with Crippen molar-refractivity contribution in [3.05, 3.63) is 29.9 Å². The second-order valence-electron chi connectivity index (χ2n) is 6.24. The highest BCUT2D eigenvalue weighted by atomic mass is 16.5. The molecule has 1 fully saturated rings. The molecular weight excluding hydrogens is 292 g/mol. The average molecular weight is 318 g/mol. The zero-order valence-electron chi connectivity index (χ0n) is 14.3. The molecule has 1 aliphatic heterocycles. The normalized spacial score (nSPS) is 17.0. The number of hydrogen-bond donors (Lipinski definition) is 0. The van der Waals surface area contributed by atoms with Crippen LogP contribution in [0.25, 0.3) is 0 Å². The van der Waals surface area contributed by atoms with Crippen LogP contribution in [0.5, 0.6) is 0 Å². The molecule has 1 aliphatic rings. The van der Waals surface area contributed by atoms with E-state index in [9.17, 15) is 0 Å². The summed E-state index contributed by atoms with van der Waals surface area (Å²) >= 11 is 0. The second kappa shape index (κ2) is 7.23. The van der Waals surface area contributed by atoms with E-state index in [1.54, 1.807) is 7.11 Å². The van der Waals surface area contributed by atoms with Crippen molar-refractivity contribution in [2.45, 2.75) is 32.2 Å². The van der Waals surface area contributed by atoms with Crippen molar-refractivity contribution in [2.24, 2.45) is 7.05 Å². The molecule has 0 spiro atoms. The third-order valence-corrected chi connectivity index (χ3v) is 4.80. The van der Waals surface area contributed by atoms with Crippen molar-refractivity contribution >= 4 is 0 Å². The highest BCUT2D eigenvalue weighted by molar-refractivity contribution is 5.05. The molecule has 0 aliphatic carbocycles. The van der Waals surface area contributed by atoms with Gasteiger partial charge < -0.3 is 18.8 Å². The largest absolute Gasteiger partial charge is 0.383 e. The lowest BCUT2D eigenvalue weighted by Crippen LogP contribution is -2.35. The predicted molar refractivity (Wildman–Crippen MR) is 87.4 cm³/mol. The maximum absolute atomic E-state index is 5.16. The van der Waals surface area contributed by atoms with Gasteiger partial charge in [-0.1, -0.05) is 0 Å². The highest BCUT2D eigenvalue weighted by Crippen LogP contribution is 2.26. The first kappa shape index (κ1) is 16.1. The van der Waals surface area contributed by atoms with E-state index in [1.165, 1.54) is 0 Å². The van der Waals surface area contributed by atoms with Crippen LogP contribution in [0.2, 0.25) is 0 Å². The molecular formula is C16H26N6O. The molecule has 3 rings (SSSR count). The van der Waals surface area contributed by atoms with Crippen LogP contribution in [-0.4, -0.2) is 62.6 Å². The summed E-state index contributed by atoms with van der Waals surface area (Å²) in [4.78, 5) is 6.73. The van der Waals surface area contributed by atoms with Gasteiger partial charge in [0, 0.05) is 39.0 Å². The minimum absolute atomic E-state index is 0.504. The third-order valence-electron chi connectivity index (χ3n) is 4.80. The van der Waals surface area contributed by atoms with E-state index >= 15 is 0 Å². The molecule has 0 saturated carbocycles. The van der Waals surface area contributed by atoms with Gasteiger partial charge in [-0.05, 0) is 32.9 Å². The fraction of sp³-hybridized carbons (Fsp3) is 0.688. The van der Waals surface area contributed by atoms with Crippen LogP contribution in [0.15, 0.2) is 12.4 Å². The van der Waals surface area contributed by atoms with Gasteiger partial charge in [-0.3, -0.25) is 0 Å². The Morgan fingerprint density at radius 3 is 2.70 bits per heavy atom. The molecule has 2 aromatic rings. The topological polar surface area (TPSA) is 61.0 Å². The summed E-state index contributed by atoms with van der Waals surface area (Å²) in [6.45, 7) is 6.78. The summed E-state index contributed by atoms with van der Waals surface area (Å²) in [5, 5.41) is 8.88. The van der Waals surface area contributed by atoms with E-state index in [-0.39, 0.29) is 0 Å². The summed E-state index contributed by atoms with van der Waals surface area (Å²) < 4.78 is 9.42. The fourth-order valence-corrected chi connectivity index (χ4v) is 3.23. The Balaban J connectivity index is 1.62. The third kappa shape index (κ3) is 3.61. The molecule has 7 nitrogen and oxygen atoms in total. The van der Waals surface area contributed by atoms with Crippen LogP contribution < -0.4 is 0 Å². The number of likely N-dealkylation sites (tertiary alicyclic amines) is 1. The first-order valence-electron chi connectivity index (χ1n) is 8.26. The number of ether oxygens (including phenoxy) is 1. The van der Waals surface area contributed by atoms with Gasteiger partial charge in [-0.25, -0.2) is 4.98 Å². The van der Waals surface area contributed by atoms with Gasteiger partial charge in [0.05, 0.1) is 13.2 Å². The van der Waals surface area contributed by atoms with E-state index in [0.717, 1.165) is 63.1 Å². The Labute approximate surface area is 137 Å². The molecule has 0 atom stereocenters. The fourth-order valence-electron chi connectivity index (χ4n) is 3.23. The van der Waals surface area contributed by atoms with Crippen LogP contribution in [0.3, 0.4) is 0 Å². The van der Waals surface area contributed by atoms with Crippen molar-refractivity contribution in [1.82, 2.24) is 29.2 Å². The molecule has 23 heavy (non-hydrogen) atoms. The number of aryl methyl sites for hydroxylation is 1. The van der Waals surface area contributed by atoms with Crippen molar-refractivity contribution in [3.63, 3.8) is 0 Å². The summed E-state index contributed by atoms with van der Waals surface area (Å²) in [5.74, 6) is 3.61. The van der Waals surface area contributed by atoms with Gasteiger partial charge in [-0.2, -0.15) is 0 Å². The highest BCUT2D eigenvalue weighted by Gasteiger charge is 2.25. The number of nitrogens with zero attached hydrogens (tertiary/aromatic N) is 6. The molecule has 1 saturated heterocycles. The molecule has 2 aromatic heterocycles. The van der Waals surface area contributed by atoms with Crippen LogP contribution in [-0.2, 0) is 18.3 Å². The molecule has 0 aromatic carbocycles. The van der Waals surface area contributed by atoms with Gasteiger partial charge in [-0.15, -0.1) is 10.2 Å². The number of methoxy groups -OCH3 is 1. The lowest BCUT2D eigenvalue weighted by molar-refractivity contribution is 0.129. The van der Waals surface area contributed by atoms with E-state index in [2.05, 4.69) is 36.3 Å². The maximum atomic E-state index is 5.16. The summed E-state index contributed by atoms with van der Waals surface area (Å²) in [6, 6.07) is 0. The number of imidazole rings is 1. The van der Waals surface area contributed by atoms with Gasteiger partial charge in [0.25, 0.3) is 0 Å². The molecule has 0 unspecified atom stereocenters. The predicted octanol–water partition coefficient (Wildman–Crippen LogP) is 1.19. The lowest BCUT2D eigenvalue weighted by Gasteiger charge is -2.31. The molecule has 0 N–H and O–H groups in total. The molecule has 126 valence electrons. The zero-order chi connectivity index (χ0) is 16.2. The van der Waals surface area contributed by atoms with Crippen LogP contribution >= 0.6 is 0 Å². The minimum atomic E-state index is 0.504. The van der Waals surface area contributed by atoms with E-state index in [1.807, 2.05) is 19.3 Å². The minimum Gasteiger partial charge on any atom is -0.383 e. The van der Waals surface area contributed by atoms with Gasteiger partial charge in [0.1, 0.15) is 11.6 Å². The smallest absolute Gasteiger partial charge is 0.152 e. The van der Waals surface area contributed by atoms with Crippen LogP contribution in [0.4, 0.5) is 0 Å². The van der Waals surface area contributed by atoms with E-state index in [4.69, 9.17) is 4.74 Å². The second-order valence-corrected chi connectivity index (χ2v) is 6.24. The Kier molecular flexibility index (Phi) is 5.07. The zero-order valence-corrected chi connectivity index (χ0v) is 14.3. The standard InChI is InChI=1S/C16H26N6O/c1-13-17-6-9-22(13)12-15-18-19-16(20(15)2)14-4-7-21(8-5-14)10-11-23-3/h6,9,14H,4-5,7-8,10-12H2,1-3H3. The van der Waals surface area contributed by atoms with Crippen LogP contribution in [0.1, 0.15) is 36.2 Å².